The topological polar surface area (TPSA) is 87.2 Å². The van der Waals surface area contributed by atoms with E-state index in [9.17, 15) is 4.79 Å². The molecule has 0 aliphatic rings. The molecule has 4 aromatic rings. The third-order valence-corrected chi connectivity index (χ3v) is 3.55. The molecule has 0 N–H and O–H groups in total. The molecule has 0 unspecified atom stereocenters. The molecule has 3 aromatic heterocycles. The van der Waals surface area contributed by atoms with Crippen LogP contribution >= 0.6 is 0 Å². The van der Waals surface area contributed by atoms with Crippen LogP contribution in [0.3, 0.4) is 0 Å². The lowest BCUT2D eigenvalue weighted by molar-refractivity contribution is 0.367. The fourth-order valence-corrected chi connectivity index (χ4v) is 2.30. The lowest BCUT2D eigenvalue weighted by atomic mass is 10.1. The van der Waals surface area contributed by atoms with Gasteiger partial charge in [-0.2, -0.15) is 4.68 Å². The fourth-order valence-electron chi connectivity index (χ4n) is 2.30. The first-order chi connectivity index (χ1) is 11.7. The minimum atomic E-state index is -0.588. The van der Waals surface area contributed by atoms with Crippen molar-refractivity contribution in [1.82, 2.24) is 14.9 Å². The third-order valence-electron chi connectivity index (χ3n) is 3.55. The first-order valence-corrected chi connectivity index (χ1v) is 7.33. The summed E-state index contributed by atoms with van der Waals surface area (Å²) >= 11 is 0. The maximum absolute atomic E-state index is 11.9. The molecule has 0 bridgehead atoms. The molecule has 7 heteroatoms. The lowest BCUT2D eigenvalue weighted by Gasteiger charge is -1.95. The summed E-state index contributed by atoms with van der Waals surface area (Å²) in [6.07, 6.45) is 1.48. The Balaban J connectivity index is 1.58. The Morgan fingerprint density at radius 1 is 1.17 bits per heavy atom. The van der Waals surface area contributed by atoms with Gasteiger partial charge in [0.1, 0.15) is 12.2 Å². The zero-order valence-electron chi connectivity index (χ0n) is 12.8. The van der Waals surface area contributed by atoms with E-state index >= 15 is 0 Å². The summed E-state index contributed by atoms with van der Waals surface area (Å²) in [4.78, 5) is 11.9. The Morgan fingerprint density at radius 2 is 2.00 bits per heavy atom. The van der Waals surface area contributed by atoms with Crippen molar-refractivity contribution in [3.8, 4) is 22.9 Å². The maximum atomic E-state index is 11.9. The summed E-state index contributed by atoms with van der Waals surface area (Å²) in [6, 6.07) is 13.1. The van der Waals surface area contributed by atoms with Crippen LogP contribution in [0.2, 0.25) is 0 Å². The van der Waals surface area contributed by atoms with Gasteiger partial charge in [-0.05, 0) is 19.1 Å². The van der Waals surface area contributed by atoms with Crippen LogP contribution in [0.15, 0.2) is 66.9 Å². The minimum absolute atomic E-state index is 0.127. The number of hydrogen-bond acceptors (Lipinski definition) is 6. The van der Waals surface area contributed by atoms with Crippen molar-refractivity contribution in [3.05, 3.63) is 70.6 Å². The van der Waals surface area contributed by atoms with E-state index in [-0.39, 0.29) is 12.4 Å². The van der Waals surface area contributed by atoms with Crippen LogP contribution in [0.25, 0.3) is 22.9 Å². The van der Waals surface area contributed by atoms with Crippen molar-refractivity contribution in [2.24, 2.45) is 0 Å². The Morgan fingerprint density at radius 3 is 2.75 bits per heavy atom. The Bertz CT molecular complexity index is 1010. The van der Waals surface area contributed by atoms with Gasteiger partial charge >= 0.3 is 5.76 Å². The molecule has 24 heavy (non-hydrogen) atoms. The van der Waals surface area contributed by atoms with Gasteiger partial charge in [0.15, 0.2) is 11.5 Å². The minimum Gasteiger partial charge on any atom is -0.459 e. The highest BCUT2D eigenvalue weighted by Gasteiger charge is 2.15. The lowest BCUT2D eigenvalue weighted by Crippen LogP contribution is -2.16. The molecule has 0 fully saturated rings. The van der Waals surface area contributed by atoms with E-state index in [0.717, 1.165) is 10.2 Å². The predicted molar refractivity (Wildman–Crippen MR) is 84.2 cm³/mol. The third kappa shape index (κ3) is 2.67. The average Bonchev–Trinajstić information content (AvgIpc) is 3.31. The monoisotopic (exact) mass is 323 g/mol. The van der Waals surface area contributed by atoms with E-state index < -0.39 is 5.76 Å². The zero-order chi connectivity index (χ0) is 16.5. The van der Waals surface area contributed by atoms with E-state index in [1.165, 1.54) is 11.8 Å². The number of aryl methyl sites for hydroxylation is 1. The molecular formula is C17H13N3O4. The van der Waals surface area contributed by atoms with Gasteiger partial charge in [-0.15, -0.1) is 5.10 Å². The molecule has 3 heterocycles. The molecular weight excluding hydrogens is 310 g/mol. The van der Waals surface area contributed by atoms with Gasteiger partial charge < -0.3 is 13.4 Å². The van der Waals surface area contributed by atoms with Crippen LogP contribution in [-0.4, -0.2) is 14.9 Å². The quantitative estimate of drug-likeness (QED) is 0.573. The molecule has 0 saturated heterocycles. The second kappa shape index (κ2) is 5.69. The van der Waals surface area contributed by atoms with Crippen molar-refractivity contribution in [1.29, 1.82) is 0 Å². The SMILES string of the molecule is Cc1ccc(-c2cc(Cn3nc(-c4ccco4)oc3=O)on2)cc1. The summed E-state index contributed by atoms with van der Waals surface area (Å²) in [7, 11) is 0. The van der Waals surface area contributed by atoms with E-state index in [0.29, 0.717) is 17.2 Å². The molecule has 0 saturated carbocycles. The summed E-state index contributed by atoms with van der Waals surface area (Å²) in [5.74, 6) is 0.439. The van der Waals surface area contributed by atoms with Crippen LogP contribution in [0.4, 0.5) is 0 Å². The molecule has 120 valence electrons. The van der Waals surface area contributed by atoms with Crippen molar-refractivity contribution in [2.75, 3.05) is 0 Å². The maximum Gasteiger partial charge on any atom is 0.437 e. The summed E-state index contributed by atoms with van der Waals surface area (Å²) in [5, 5.41) is 8.13. The van der Waals surface area contributed by atoms with Crippen LogP contribution < -0.4 is 5.76 Å². The Hall–Kier alpha value is -3.35. The van der Waals surface area contributed by atoms with Crippen molar-refractivity contribution in [2.45, 2.75) is 13.5 Å². The van der Waals surface area contributed by atoms with Crippen LogP contribution in [0, 0.1) is 6.92 Å². The smallest absolute Gasteiger partial charge is 0.437 e. The van der Waals surface area contributed by atoms with Gasteiger partial charge in [0.2, 0.25) is 0 Å². The van der Waals surface area contributed by atoms with Crippen LogP contribution in [-0.2, 0) is 6.54 Å². The molecule has 0 aliphatic carbocycles. The molecule has 7 nitrogen and oxygen atoms in total. The molecule has 0 aliphatic heterocycles. The molecule has 0 radical (unpaired) electrons. The Kier molecular flexibility index (Phi) is 3.38. The van der Waals surface area contributed by atoms with Crippen molar-refractivity contribution < 1.29 is 13.4 Å². The highest BCUT2D eigenvalue weighted by atomic mass is 16.5. The summed E-state index contributed by atoms with van der Waals surface area (Å²) < 4.78 is 16.7. The Labute approximate surface area is 136 Å². The van der Waals surface area contributed by atoms with E-state index in [1.807, 2.05) is 31.2 Å². The number of hydrogen-bond donors (Lipinski definition) is 0. The highest BCUT2D eigenvalue weighted by Crippen LogP contribution is 2.20. The van der Waals surface area contributed by atoms with Crippen LogP contribution in [0.5, 0.6) is 0 Å². The summed E-state index contributed by atoms with van der Waals surface area (Å²) in [6.45, 7) is 2.15. The largest absolute Gasteiger partial charge is 0.459 e. The number of benzene rings is 1. The average molecular weight is 323 g/mol. The second-order valence-electron chi connectivity index (χ2n) is 5.35. The van der Waals surface area contributed by atoms with E-state index in [1.54, 1.807) is 18.2 Å². The van der Waals surface area contributed by atoms with Crippen molar-refractivity contribution in [3.63, 3.8) is 0 Å². The standard InChI is InChI=1S/C17H13N3O4/c1-11-4-6-12(7-5-11)14-9-13(24-19-14)10-20-17(21)23-16(18-20)15-3-2-8-22-15/h2-9H,10H2,1H3. The van der Waals surface area contributed by atoms with Gasteiger partial charge in [0.25, 0.3) is 5.89 Å². The number of rotatable bonds is 4. The fraction of sp³-hybridized carbons (Fsp3) is 0.118. The molecule has 0 spiro atoms. The predicted octanol–water partition coefficient (Wildman–Crippen LogP) is 3.11. The first-order valence-electron chi connectivity index (χ1n) is 7.33. The van der Waals surface area contributed by atoms with Gasteiger partial charge in [0.05, 0.1) is 6.26 Å². The number of aromatic nitrogens is 3. The van der Waals surface area contributed by atoms with Crippen LogP contribution in [0.1, 0.15) is 11.3 Å². The van der Waals surface area contributed by atoms with Crippen molar-refractivity contribution >= 4 is 0 Å². The second-order valence-corrected chi connectivity index (χ2v) is 5.35. The van der Waals surface area contributed by atoms with Gasteiger partial charge in [-0.25, -0.2) is 4.79 Å². The van der Waals surface area contributed by atoms with E-state index in [4.69, 9.17) is 13.4 Å². The normalized spacial score (nSPS) is 11.0. The number of furan rings is 1. The molecule has 0 atom stereocenters. The highest BCUT2D eigenvalue weighted by molar-refractivity contribution is 5.59. The van der Waals surface area contributed by atoms with Gasteiger partial charge in [-0.3, -0.25) is 0 Å². The van der Waals surface area contributed by atoms with Gasteiger partial charge in [0, 0.05) is 11.6 Å². The van der Waals surface area contributed by atoms with E-state index in [2.05, 4.69) is 10.3 Å². The molecule has 1 aromatic carbocycles. The van der Waals surface area contributed by atoms with Gasteiger partial charge in [-0.1, -0.05) is 35.0 Å². The summed E-state index contributed by atoms with van der Waals surface area (Å²) in [5.41, 5.74) is 2.81. The molecule has 0 amide bonds. The zero-order valence-corrected chi connectivity index (χ0v) is 12.8. The molecule has 4 rings (SSSR count). The first kappa shape index (κ1) is 14.3. The number of nitrogens with zero attached hydrogens (tertiary/aromatic N) is 3.